The minimum Gasteiger partial charge on any atom is -0.384 e. The van der Waals surface area contributed by atoms with Crippen molar-refractivity contribution in [3.05, 3.63) is 103 Å². The molecule has 0 radical (unpaired) electrons. The van der Waals surface area contributed by atoms with Crippen LogP contribution in [0.2, 0.25) is 0 Å². The fraction of sp³-hybridized carbons (Fsp3) is 0.0714. The van der Waals surface area contributed by atoms with Gasteiger partial charge in [0.2, 0.25) is 0 Å². The summed E-state index contributed by atoms with van der Waals surface area (Å²) < 4.78 is 0. The second kappa shape index (κ2) is 9.40. The van der Waals surface area contributed by atoms with Gasteiger partial charge in [0.1, 0.15) is 5.69 Å². The van der Waals surface area contributed by atoms with Crippen molar-refractivity contribution in [1.29, 1.82) is 0 Å². The molecule has 0 saturated carbocycles. The molecular weight excluding hydrogens is 406 g/mol. The summed E-state index contributed by atoms with van der Waals surface area (Å²) in [7, 11) is 0. The molecule has 0 unspecified atom stereocenters. The van der Waals surface area contributed by atoms with Gasteiger partial charge in [0, 0.05) is 22.7 Å². The predicted octanol–water partition coefficient (Wildman–Crippen LogP) is 9.26. The lowest BCUT2D eigenvalue weighted by Gasteiger charge is -2.10. The second-order valence-corrected chi connectivity index (χ2v) is 7.60. The fourth-order valence-corrected chi connectivity index (χ4v) is 3.85. The van der Waals surface area contributed by atoms with Gasteiger partial charge in [-0.3, -0.25) is 0 Å². The Morgan fingerprint density at radius 1 is 0.545 bits per heavy atom. The molecule has 0 bridgehead atoms. The van der Waals surface area contributed by atoms with Gasteiger partial charge in [-0.2, -0.15) is 5.11 Å². The molecule has 5 aromatic carbocycles. The standard InChI is InChI=1S/C28H23N5/c1-2-29-27-17-16-20-10-6-7-13-22(20)28(27)33-32-26-19-18-25(23-14-8-9-15-24(23)26)31-30-21-11-4-3-5-12-21/h3-19,29H,2H2,1H3/b31-30+,33-32+. The van der Waals surface area contributed by atoms with Gasteiger partial charge in [-0.1, -0.05) is 72.8 Å². The third kappa shape index (κ3) is 4.34. The van der Waals surface area contributed by atoms with E-state index in [0.717, 1.165) is 56.5 Å². The Balaban J connectivity index is 1.57. The van der Waals surface area contributed by atoms with Crippen LogP contribution in [0.4, 0.5) is 28.4 Å². The highest BCUT2D eigenvalue weighted by molar-refractivity contribution is 6.00. The maximum Gasteiger partial charge on any atom is 0.117 e. The van der Waals surface area contributed by atoms with Crippen molar-refractivity contribution < 1.29 is 0 Å². The molecule has 5 rings (SSSR count). The van der Waals surface area contributed by atoms with E-state index in [1.165, 1.54) is 0 Å². The predicted molar refractivity (Wildman–Crippen MR) is 137 cm³/mol. The molecule has 160 valence electrons. The van der Waals surface area contributed by atoms with Gasteiger partial charge in [0.25, 0.3) is 0 Å². The largest absolute Gasteiger partial charge is 0.384 e. The number of benzene rings is 5. The number of hydrogen-bond donors (Lipinski definition) is 1. The number of nitrogens with zero attached hydrogens (tertiary/aromatic N) is 4. The molecule has 0 fully saturated rings. The van der Waals surface area contributed by atoms with Crippen LogP contribution in [-0.2, 0) is 0 Å². The Morgan fingerprint density at radius 2 is 1.15 bits per heavy atom. The summed E-state index contributed by atoms with van der Waals surface area (Å²) in [6, 6.07) is 34.1. The molecular formula is C28H23N5. The Kier molecular flexibility index (Phi) is 5.85. The lowest BCUT2D eigenvalue weighted by Crippen LogP contribution is -1.96. The van der Waals surface area contributed by atoms with Crippen LogP contribution in [0.1, 0.15) is 6.92 Å². The van der Waals surface area contributed by atoms with Crippen molar-refractivity contribution in [2.45, 2.75) is 6.92 Å². The molecule has 0 heterocycles. The van der Waals surface area contributed by atoms with Crippen LogP contribution >= 0.6 is 0 Å². The van der Waals surface area contributed by atoms with Gasteiger partial charge in [0.05, 0.1) is 22.7 Å². The average Bonchev–Trinajstić information content (AvgIpc) is 2.88. The van der Waals surface area contributed by atoms with Crippen LogP contribution in [0.3, 0.4) is 0 Å². The lowest BCUT2D eigenvalue weighted by molar-refractivity contribution is 1.19. The molecule has 0 atom stereocenters. The molecule has 5 nitrogen and oxygen atoms in total. The Bertz CT molecular complexity index is 1470. The minimum absolute atomic E-state index is 0.791. The first-order chi connectivity index (χ1) is 16.3. The first-order valence-corrected chi connectivity index (χ1v) is 11.0. The van der Waals surface area contributed by atoms with Crippen LogP contribution in [0.15, 0.2) is 124 Å². The maximum atomic E-state index is 4.71. The average molecular weight is 430 g/mol. The summed E-state index contributed by atoms with van der Waals surface area (Å²) in [4.78, 5) is 0. The highest BCUT2D eigenvalue weighted by atomic mass is 15.1. The minimum atomic E-state index is 0.791. The maximum absolute atomic E-state index is 4.71. The first-order valence-electron chi connectivity index (χ1n) is 11.0. The van der Waals surface area contributed by atoms with E-state index >= 15 is 0 Å². The third-order valence-corrected chi connectivity index (χ3v) is 5.43. The van der Waals surface area contributed by atoms with Crippen molar-refractivity contribution in [2.24, 2.45) is 20.5 Å². The van der Waals surface area contributed by atoms with Gasteiger partial charge >= 0.3 is 0 Å². The van der Waals surface area contributed by atoms with E-state index in [9.17, 15) is 0 Å². The molecule has 0 aromatic heterocycles. The Hall–Kier alpha value is -4.38. The van der Waals surface area contributed by atoms with E-state index in [2.05, 4.69) is 51.8 Å². The summed E-state index contributed by atoms with van der Waals surface area (Å²) >= 11 is 0. The number of hydrogen-bond acceptors (Lipinski definition) is 5. The van der Waals surface area contributed by atoms with Gasteiger partial charge in [-0.25, -0.2) is 0 Å². The molecule has 0 spiro atoms. The lowest BCUT2D eigenvalue weighted by atomic mass is 10.1. The molecule has 0 saturated heterocycles. The van der Waals surface area contributed by atoms with Crippen LogP contribution in [-0.4, -0.2) is 6.54 Å². The van der Waals surface area contributed by atoms with Crippen LogP contribution in [0, 0.1) is 0 Å². The number of nitrogens with one attached hydrogen (secondary N) is 1. The van der Waals surface area contributed by atoms with Crippen molar-refractivity contribution in [2.75, 3.05) is 11.9 Å². The normalized spacial score (nSPS) is 11.7. The van der Waals surface area contributed by atoms with Gasteiger partial charge in [-0.15, -0.1) is 15.3 Å². The zero-order valence-corrected chi connectivity index (χ0v) is 18.3. The summed E-state index contributed by atoms with van der Waals surface area (Å²) in [5, 5.41) is 25.8. The SMILES string of the molecule is CCNc1ccc2ccccc2c1/N=N/c1ccc(/N=N/c2ccccc2)c2ccccc12. The molecule has 5 heteroatoms. The van der Waals surface area contributed by atoms with Gasteiger partial charge < -0.3 is 5.32 Å². The highest BCUT2D eigenvalue weighted by Gasteiger charge is 2.09. The Morgan fingerprint density at radius 3 is 1.85 bits per heavy atom. The monoisotopic (exact) mass is 429 g/mol. The van der Waals surface area contributed by atoms with Crippen molar-refractivity contribution >= 4 is 50.0 Å². The molecule has 0 aliphatic heterocycles. The second-order valence-electron chi connectivity index (χ2n) is 7.60. The van der Waals surface area contributed by atoms with Crippen molar-refractivity contribution in [3.63, 3.8) is 0 Å². The van der Waals surface area contributed by atoms with Gasteiger partial charge in [-0.05, 0) is 42.6 Å². The summed E-state index contributed by atoms with van der Waals surface area (Å²) in [6.07, 6.45) is 0. The van der Waals surface area contributed by atoms with Crippen molar-refractivity contribution in [1.82, 2.24) is 0 Å². The number of rotatable bonds is 6. The highest BCUT2D eigenvalue weighted by Crippen LogP contribution is 2.38. The van der Waals surface area contributed by atoms with Crippen LogP contribution < -0.4 is 5.32 Å². The van der Waals surface area contributed by atoms with Crippen molar-refractivity contribution in [3.8, 4) is 0 Å². The van der Waals surface area contributed by atoms with E-state index < -0.39 is 0 Å². The number of anilines is 1. The first kappa shape index (κ1) is 20.5. The quantitative estimate of drug-likeness (QED) is 0.269. The summed E-state index contributed by atoms with van der Waals surface area (Å²) in [6.45, 7) is 2.89. The van der Waals surface area contributed by atoms with E-state index in [0.29, 0.717) is 0 Å². The Labute approximate surface area is 192 Å². The zero-order valence-electron chi connectivity index (χ0n) is 18.3. The smallest absolute Gasteiger partial charge is 0.117 e. The van der Waals surface area contributed by atoms with E-state index in [1.807, 2.05) is 78.9 Å². The summed E-state index contributed by atoms with van der Waals surface area (Å²) in [5.41, 5.74) is 4.22. The topological polar surface area (TPSA) is 61.5 Å². The third-order valence-electron chi connectivity index (χ3n) is 5.43. The van der Waals surface area contributed by atoms with E-state index in [1.54, 1.807) is 0 Å². The number of azo groups is 2. The molecule has 5 aromatic rings. The summed E-state index contributed by atoms with van der Waals surface area (Å²) in [5.74, 6) is 0. The number of fused-ring (bicyclic) bond motifs is 2. The van der Waals surface area contributed by atoms with E-state index in [4.69, 9.17) is 5.11 Å². The molecule has 0 amide bonds. The molecule has 0 aliphatic carbocycles. The molecule has 0 aliphatic rings. The molecule has 1 N–H and O–H groups in total. The zero-order chi connectivity index (χ0) is 22.5. The fourth-order valence-electron chi connectivity index (χ4n) is 3.85. The molecule has 33 heavy (non-hydrogen) atoms. The van der Waals surface area contributed by atoms with Crippen LogP contribution in [0.25, 0.3) is 21.5 Å². The van der Waals surface area contributed by atoms with E-state index in [-0.39, 0.29) is 0 Å². The van der Waals surface area contributed by atoms with Gasteiger partial charge in [0.15, 0.2) is 0 Å². The van der Waals surface area contributed by atoms with Crippen LogP contribution in [0.5, 0.6) is 0 Å².